The number of thiophene rings is 1. The highest BCUT2D eigenvalue weighted by molar-refractivity contribution is 7.18. The Bertz CT molecular complexity index is 1090. The van der Waals surface area contributed by atoms with Crippen molar-refractivity contribution >= 4 is 27.5 Å². The van der Waals surface area contributed by atoms with E-state index in [0.717, 1.165) is 42.6 Å². The molecule has 1 amide bonds. The van der Waals surface area contributed by atoms with E-state index in [2.05, 4.69) is 16.8 Å². The standard InChI is InChI=1S/C21H24N4O3S/c1-13-4-5-14-16(11-13)29-20-18(14)19(26)22-17(23-20)12-24-6-8-25(9-7-24)21(27)15-3-2-10-28-15/h2-3,10,13H,4-9,11-12H2,1H3,(H,22,23,26). The van der Waals surface area contributed by atoms with Crippen molar-refractivity contribution in [2.24, 2.45) is 5.92 Å². The van der Waals surface area contributed by atoms with Crippen LogP contribution in [0, 0.1) is 5.92 Å². The number of rotatable bonds is 3. The summed E-state index contributed by atoms with van der Waals surface area (Å²) < 4.78 is 5.21. The van der Waals surface area contributed by atoms with E-state index in [0.29, 0.717) is 37.1 Å². The molecule has 1 saturated heterocycles. The van der Waals surface area contributed by atoms with Crippen LogP contribution in [0.25, 0.3) is 10.2 Å². The van der Waals surface area contributed by atoms with Gasteiger partial charge in [-0.3, -0.25) is 14.5 Å². The van der Waals surface area contributed by atoms with Gasteiger partial charge in [0.25, 0.3) is 11.5 Å². The zero-order valence-electron chi connectivity index (χ0n) is 16.4. The van der Waals surface area contributed by atoms with Crippen LogP contribution in [0.3, 0.4) is 0 Å². The molecule has 1 fully saturated rings. The molecule has 0 aromatic carbocycles. The lowest BCUT2D eigenvalue weighted by Crippen LogP contribution is -2.48. The van der Waals surface area contributed by atoms with E-state index >= 15 is 0 Å². The first-order valence-electron chi connectivity index (χ1n) is 10.2. The predicted octanol–water partition coefficient (Wildman–Crippen LogP) is 2.66. The highest BCUT2D eigenvalue weighted by Crippen LogP contribution is 2.35. The maximum atomic E-state index is 12.8. The van der Waals surface area contributed by atoms with Crippen LogP contribution in [0.1, 0.15) is 40.2 Å². The minimum atomic E-state index is -0.0685. The highest BCUT2D eigenvalue weighted by Gasteiger charge is 2.26. The first kappa shape index (κ1) is 18.6. The van der Waals surface area contributed by atoms with E-state index in [1.54, 1.807) is 23.5 Å². The van der Waals surface area contributed by atoms with E-state index in [4.69, 9.17) is 9.40 Å². The summed E-state index contributed by atoms with van der Waals surface area (Å²) in [6.07, 6.45) is 4.69. The number of amides is 1. The van der Waals surface area contributed by atoms with Crippen molar-refractivity contribution in [3.05, 3.63) is 50.8 Å². The zero-order chi connectivity index (χ0) is 20.0. The number of piperazine rings is 1. The van der Waals surface area contributed by atoms with Gasteiger partial charge in [0, 0.05) is 31.1 Å². The minimum absolute atomic E-state index is 0.0105. The largest absolute Gasteiger partial charge is 0.459 e. The van der Waals surface area contributed by atoms with Gasteiger partial charge in [-0.15, -0.1) is 11.3 Å². The van der Waals surface area contributed by atoms with Crippen molar-refractivity contribution in [2.75, 3.05) is 26.2 Å². The van der Waals surface area contributed by atoms with Gasteiger partial charge in [-0.2, -0.15) is 0 Å². The molecule has 1 unspecified atom stereocenters. The lowest BCUT2D eigenvalue weighted by atomic mass is 9.89. The molecule has 8 heteroatoms. The SMILES string of the molecule is CC1CCc2c(sc3nc(CN4CCN(C(=O)c5ccco5)CC4)[nH]c(=O)c23)C1. The fourth-order valence-corrected chi connectivity index (χ4v) is 5.75. The Morgan fingerprint density at radius 1 is 1.34 bits per heavy atom. The zero-order valence-corrected chi connectivity index (χ0v) is 17.3. The Morgan fingerprint density at radius 3 is 2.93 bits per heavy atom. The van der Waals surface area contributed by atoms with Gasteiger partial charge in [0.05, 0.1) is 18.2 Å². The average molecular weight is 413 g/mol. The van der Waals surface area contributed by atoms with Crippen molar-refractivity contribution < 1.29 is 9.21 Å². The summed E-state index contributed by atoms with van der Waals surface area (Å²) in [7, 11) is 0. The fourth-order valence-electron chi connectivity index (χ4n) is 4.35. The third kappa shape index (κ3) is 3.51. The lowest BCUT2D eigenvalue weighted by molar-refractivity contribution is 0.0595. The molecule has 3 aromatic heterocycles. The first-order valence-corrected chi connectivity index (χ1v) is 11.0. The second-order valence-electron chi connectivity index (χ2n) is 8.09. The Kier molecular flexibility index (Phi) is 4.75. The van der Waals surface area contributed by atoms with Gasteiger partial charge in [-0.1, -0.05) is 6.92 Å². The molecule has 1 N–H and O–H groups in total. The number of aromatic amines is 1. The van der Waals surface area contributed by atoms with E-state index in [1.165, 1.54) is 16.7 Å². The molecule has 7 nitrogen and oxygen atoms in total. The van der Waals surface area contributed by atoms with Crippen LogP contribution in [-0.2, 0) is 19.4 Å². The van der Waals surface area contributed by atoms with Crippen LogP contribution in [0.4, 0.5) is 0 Å². The molecule has 4 heterocycles. The maximum absolute atomic E-state index is 12.8. The molecule has 1 aliphatic carbocycles. The Hall–Kier alpha value is -2.45. The van der Waals surface area contributed by atoms with Gasteiger partial charge >= 0.3 is 0 Å². The van der Waals surface area contributed by atoms with E-state index in [-0.39, 0.29) is 11.5 Å². The van der Waals surface area contributed by atoms with Crippen LogP contribution in [0.2, 0.25) is 0 Å². The Labute approximate surface area is 172 Å². The molecular formula is C21H24N4O3S. The normalized spacial score (nSPS) is 20.2. The predicted molar refractivity (Wildman–Crippen MR) is 111 cm³/mol. The number of furan rings is 1. The van der Waals surface area contributed by atoms with Gasteiger partial charge in [-0.25, -0.2) is 4.98 Å². The van der Waals surface area contributed by atoms with E-state index in [9.17, 15) is 9.59 Å². The van der Waals surface area contributed by atoms with Gasteiger partial charge in [-0.05, 0) is 42.9 Å². The number of aryl methyl sites for hydroxylation is 1. The minimum Gasteiger partial charge on any atom is -0.459 e. The van der Waals surface area contributed by atoms with Crippen LogP contribution in [-0.4, -0.2) is 51.9 Å². The van der Waals surface area contributed by atoms with Gasteiger partial charge in [0.15, 0.2) is 5.76 Å². The topological polar surface area (TPSA) is 82.4 Å². The second kappa shape index (κ2) is 7.42. The molecule has 0 radical (unpaired) electrons. The summed E-state index contributed by atoms with van der Waals surface area (Å²) >= 11 is 1.68. The number of hydrogen-bond donors (Lipinski definition) is 1. The molecule has 2 aliphatic rings. The molecule has 29 heavy (non-hydrogen) atoms. The molecule has 152 valence electrons. The lowest BCUT2D eigenvalue weighted by Gasteiger charge is -2.33. The first-order chi connectivity index (χ1) is 14.1. The van der Waals surface area contributed by atoms with Crippen LogP contribution < -0.4 is 5.56 Å². The maximum Gasteiger partial charge on any atom is 0.289 e. The van der Waals surface area contributed by atoms with Gasteiger partial charge < -0.3 is 14.3 Å². The summed E-state index contributed by atoms with van der Waals surface area (Å²) in [6.45, 7) is 5.62. The number of fused-ring (bicyclic) bond motifs is 3. The van der Waals surface area contributed by atoms with Crippen LogP contribution in [0.15, 0.2) is 27.6 Å². The Balaban J connectivity index is 1.29. The summed E-state index contributed by atoms with van der Waals surface area (Å²) in [5.41, 5.74) is 1.21. The molecule has 0 spiro atoms. The van der Waals surface area contributed by atoms with E-state index < -0.39 is 0 Å². The molecular weight excluding hydrogens is 388 g/mol. The number of hydrogen-bond acceptors (Lipinski definition) is 6. The van der Waals surface area contributed by atoms with Crippen molar-refractivity contribution in [3.8, 4) is 0 Å². The number of carbonyl (C=O) groups excluding carboxylic acids is 1. The quantitative estimate of drug-likeness (QED) is 0.715. The average Bonchev–Trinajstić information content (AvgIpc) is 3.35. The highest BCUT2D eigenvalue weighted by atomic mass is 32.1. The summed E-state index contributed by atoms with van der Waals surface area (Å²) in [5, 5.41) is 0.800. The van der Waals surface area contributed by atoms with Crippen LogP contribution >= 0.6 is 11.3 Å². The second-order valence-corrected chi connectivity index (χ2v) is 9.17. The third-order valence-corrected chi connectivity index (χ3v) is 7.13. The van der Waals surface area contributed by atoms with Crippen molar-refractivity contribution in [3.63, 3.8) is 0 Å². The van der Waals surface area contributed by atoms with Crippen molar-refractivity contribution in [1.29, 1.82) is 0 Å². The molecule has 0 bridgehead atoms. The smallest absolute Gasteiger partial charge is 0.289 e. The molecule has 0 saturated carbocycles. The van der Waals surface area contributed by atoms with Gasteiger partial charge in [0.2, 0.25) is 0 Å². The number of carbonyl (C=O) groups is 1. The Morgan fingerprint density at radius 2 is 2.17 bits per heavy atom. The molecule has 1 aliphatic heterocycles. The molecule has 1 atom stereocenters. The summed E-state index contributed by atoms with van der Waals surface area (Å²) in [6, 6.07) is 3.42. The monoisotopic (exact) mass is 412 g/mol. The summed E-state index contributed by atoms with van der Waals surface area (Å²) in [4.78, 5) is 39.2. The number of H-pyrrole nitrogens is 1. The van der Waals surface area contributed by atoms with Gasteiger partial charge in [0.1, 0.15) is 10.7 Å². The van der Waals surface area contributed by atoms with Crippen molar-refractivity contribution in [1.82, 2.24) is 19.8 Å². The summed E-state index contributed by atoms with van der Waals surface area (Å²) in [5.74, 6) is 1.70. The molecule has 3 aromatic rings. The number of nitrogens with zero attached hydrogens (tertiary/aromatic N) is 3. The van der Waals surface area contributed by atoms with E-state index in [1.807, 2.05) is 4.90 Å². The fraction of sp³-hybridized carbons (Fsp3) is 0.476. The van der Waals surface area contributed by atoms with Crippen molar-refractivity contribution in [2.45, 2.75) is 32.7 Å². The number of aromatic nitrogens is 2. The third-order valence-electron chi connectivity index (χ3n) is 5.98. The van der Waals surface area contributed by atoms with Crippen LogP contribution in [0.5, 0.6) is 0 Å². The number of nitrogens with one attached hydrogen (secondary N) is 1. The molecule has 5 rings (SSSR count).